The summed E-state index contributed by atoms with van der Waals surface area (Å²) in [7, 11) is -4.00. The SMILES string of the molecule is CC(C)CNC(=O)COC(=O)[C@H](C)NS(=O)(=O)c1ccc2c(c1)OCCCO2. The molecule has 2 rings (SSSR count). The summed E-state index contributed by atoms with van der Waals surface area (Å²) in [4.78, 5) is 23.5. The van der Waals surface area contributed by atoms with E-state index < -0.39 is 34.5 Å². The Labute approximate surface area is 164 Å². The standard InChI is InChI=1S/C18H26N2O7S/c1-12(2)10-19-17(21)11-27-18(22)13(3)20-28(23,24)14-5-6-15-16(9-14)26-8-4-7-25-15/h5-6,9,12-13,20H,4,7-8,10-11H2,1-3H3,(H,19,21)/t13-/m0/s1. The van der Waals surface area contributed by atoms with Crippen LogP contribution in [-0.2, 0) is 24.3 Å². The average Bonchev–Trinajstić information content (AvgIpc) is 2.88. The number of rotatable bonds is 8. The molecule has 10 heteroatoms. The zero-order chi connectivity index (χ0) is 20.7. The predicted molar refractivity (Wildman–Crippen MR) is 101 cm³/mol. The van der Waals surface area contributed by atoms with Crippen LogP contribution < -0.4 is 19.5 Å². The molecule has 1 heterocycles. The maximum Gasteiger partial charge on any atom is 0.324 e. The zero-order valence-electron chi connectivity index (χ0n) is 16.2. The Balaban J connectivity index is 1.94. The highest BCUT2D eigenvalue weighted by molar-refractivity contribution is 7.89. The maximum atomic E-state index is 12.5. The minimum Gasteiger partial charge on any atom is -0.490 e. The zero-order valence-corrected chi connectivity index (χ0v) is 17.0. The topological polar surface area (TPSA) is 120 Å². The third-order valence-corrected chi connectivity index (χ3v) is 5.31. The second kappa shape index (κ2) is 9.74. The molecule has 0 fully saturated rings. The molecule has 0 aromatic heterocycles. The molecule has 156 valence electrons. The minimum absolute atomic E-state index is 0.0638. The molecule has 1 aliphatic heterocycles. The summed E-state index contributed by atoms with van der Waals surface area (Å²) < 4.78 is 43.1. The van der Waals surface area contributed by atoms with E-state index in [0.29, 0.717) is 37.7 Å². The molecule has 0 bridgehead atoms. The number of hydrogen-bond donors (Lipinski definition) is 2. The van der Waals surface area contributed by atoms with Crippen LogP contribution in [-0.4, -0.2) is 52.7 Å². The smallest absolute Gasteiger partial charge is 0.324 e. The van der Waals surface area contributed by atoms with E-state index in [1.165, 1.54) is 25.1 Å². The minimum atomic E-state index is -4.00. The lowest BCUT2D eigenvalue weighted by Gasteiger charge is -2.15. The van der Waals surface area contributed by atoms with E-state index in [4.69, 9.17) is 14.2 Å². The summed E-state index contributed by atoms with van der Waals surface area (Å²) in [5, 5.41) is 2.60. The number of hydrogen-bond acceptors (Lipinski definition) is 7. The Morgan fingerprint density at radius 2 is 1.82 bits per heavy atom. The van der Waals surface area contributed by atoms with Crippen LogP contribution in [0.5, 0.6) is 11.5 Å². The van der Waals surface area contributed by atoms with E-state index in [1.807, 2.05) is 13.8 Å². The number of benzene rings is 1. The fourth-order valence-electron chi connectivity index (χ4n) is 2.29. The van der Waals surface area contributed by atoms with Crippen molar-refractivity contribution in [2.75, 3.05) is 26.4 Å². The molecule has 1 atom stereocenters. The van der Waals surface area contributed by atoms with E-state index in [2.05, 4.69) is 10.0 Å². The number of fused-ring (bicyclic) bond motifs is 1. The number of nitrogens with one attached hydrogen (secondary N) is 2. The van der Waals surface area contributed by atoms with Gasteiger partial charge in [0, 0.05) is 19.0 Å². The summed E-state index contributed by atoms with van der Waals surface area (Å²) in [6.45, 7) is 6.11. The van der Waals surface area contributed by atoms with Gasteiger partial charge in [-0.25, -0.2) is 8.42 Å². The molecule has 0 unspecified atom stereocenters. The number of amides is 1. The lowest BCUT2D eigenvalue weighted by atomic mass is 10.2. The number of carbonyl (C=O) groups is 2. The van der Waals surface area contributed by atoms with Crippen molar-refractivity contribution in [3.8, 4) is 11.5 Å². The largest absolute Gasteiger partial charge is 0.490 e. The molecule has 9 nitrogen and oxygen atoms in total. The Bertz CT molecular complexity index is 808. The van der Waals surface area contributed by atoms with Gasteiger partial charge < -0.3 is 19.5 Å². The fraction of sp³-hybridized carbons (Fsp3) is 0.556. The predicted octanol–water partition coefficient (Wildman–Crippen LogP) is 0.830. The quantitative estimate of drug-likeness (QED) is 0.605. The summed E-state index contributed by atoms with van der Waals surface area (Å²) in [5.74, 6) is -0.230. The lowest BCUT2D eigenvalue weighted by molar-refractivity contribution is -0.149. The van der Waals surface area contributed by atoms with Gasteiger partial charge in [0.05, 0.1) is 18.1 Å². The van der Waals surface area contributed by atoms with Gasteiger partial charge >= 0.3 is 5.97 Å². The number of carbonyl (C=O) groups excluding carboxylic acids is 2. The van der Waals surface area contributed by atoms with Gasteiger partial charge in [-0.1, -0.05) is 13.8 Å². The molecule has 1 amide bonds. The van der Waals surface area contributed by atoms with Crippen molar-refractivity contribution in [2.45, 2.75) is 38.1 Å². The fourth-order valence-corrected chi connectivity index (χ4v) is 3.50. The van der Waals surface area contributed by atoms with Crippen molar-refractivity contribution in [1.29, 1.82) is 0 Å². The van der Waals surface area contributed by atoms with Gasteiger partial charge in [-0.3, -0.25) is 9.59 Å². The van der Waals surface area contributed by atoms with Crippen LogP contribution >= 0.6 is 0 Å². The third-order valence-electron chi connectivity index (χ3n) is 3.77. The number of ether oxygens (including phenoxy) is 3. The molecular weight excluding hydrogens is 388 g/mol. The molecular formula is C18H26N2O7S. The molecule has 1 aliphatic rings. The first kappa shape index (κ1) is 22.0. The lowest BCUT2D eigenvalue weighted by Crippen LogP contribution is -2.41. The molecule has 2 N–H and O–H groups in total. The van der Waals surface area contributed by atoms with Crippen molar-refractivity contribution in [2.24, 2.45) is 5.92 Å². The van der Waals surface area contributed by atoms with E-state index >= 15 is 0 Å². The molecule has 1 aromatic carbocycles. The Hall–Kier alpha value is -2.33. The Kier molecular flexibility index (Phi) is 7.64. The van der Waals surface area contributed by atoms with Crippen LogP contribution in [0.2, 0.25) is 0 Å². The average molecular weight is 414 g/mol. The first-order valence-corrected chi connectivity index (χ1v) is 10.5. The highest BCUT2D eigenvalue weighted by Crippen LogP contribution is 2.31. The summed E-state index contributed by atoms with van der Waals surface area (Å²) in [6, 6.07) is 3.06. The van der Waals surface area contributed by atoms with Crippen molar-refractivity contribution in [3.05, 3.63) is 18.2 Å². The number of esters is 1. The van der Waals surface area contributed by atoms with Crippen molar-refractivity contribution in [3.63, 3.8) is 0 Å². The molecule has 28 heavy (non-hydrogen) atoms. The second-order valence-corrected chi connectivity index (χ2v) is 8.52. The van der Waals surface area contributed by atoms with Crippen molar-refractivity contribution < 1.29 is 32.2 Å². The first-order chi connectivity index (χ1) is 13.2. The summed E-state index contributed by atoms with van der Waals surface area (Å²) in [5.41, 5.74) is 0. The summed E-state index contributed by atoms with van der Waals surface area (Å²) in [6.07, 6.45) is 0.697. The van der Waals surface area contributed by atoms with Crippen LogP contribution in [0.4, 0.5) is 0 Å². The van der Waals surface area contributed by atoms with Crippen LogP contribution in [0.15, 0.2) is 23.1 Å². The van der Waals surface area contributed by atoms with E-state index in [9.17, 15) is 18.0 Å². The second-order valence-electron chi connectivity index (χ2n) is 6.81. The van der Waals surface area contributed by atoms with E-state index in [1.54, 1.807) is 0 Å². The van der Waals surface area contributed by atoms with Gasteiger partial charge in [0.15, 0.2) is 18.1 Å². The first-order valence-electron chi connectivity index (χ1n) is 9.04. The highest BCUT2D eigenvalue weighted by Gasteiger charge is 2.25. The van der Waals surface area contributed by atoms with E-state index in [-0.39, 0.29) is 10.8 Å². The monoisotopic (exact) mass is 414 g/mol. The van der Waals surface area contributed by atoms with Crippen LogP contribution in [0.1, 0.15) is 27.2 Å². The molecule has 0 saturated heterocycles. The van der Waals surface area contributed by atoms with Gasteiger partial charge in [-0.2, -0.15) is 4.72 Å². The molecule has 1 aromatic rings. The van der Waals surface area contributed by atoms with Gasteiger partial charge in [0.2, 0.25) is 10.0 Å². The van der Waals surface area contributed by atoms with Crippen LogP contribution in [0.25, 0.3) is 0 Å². The van der Waals surface area contributed by atoms with Gasteiger partial charge in [0.1, 0.15) is 6.04 Å². The van der Waals surface area contributed by atoms with Gasteiger partial charge in [0.25, 0.3) is 5.91 Å². The molecule has 0 saturated carbocycles. The van der Waals surface area contributed by atoms with E-state index in [0.717, 1.165) is 0 Å². The van der Waals surface area contributed by atoms with Crippen LogP contribution in [0.3, 0.4) is 0 Å². The Morgan fingerprint density at radius 1 is 1.14 bits per heavy atom. The molecule has 0 aliphatic carbocycles. The number of sulfonamides is 1. The molecule has 0 spiro atoms. The molecule has 0 radical (unpaired) electrons. The maximum absolute atomic E-state index is 12.5. The van der Waals surface area contributed by atoms with Crippen molar-refractivity contribution in [1.82, 2.24) is 10.0 Å². The third kappa shape index (κ3) is 6.38. The Morgan fingerprint density at radius 3 is 2.50 bits per heavy atom. The van der Waals surface area contributed by atoms with Crippen molar-refractivity contribution >= 4 is 21.9 Å². The van der Waals surface area contributed by atoms with Gasteiger partial charge in [-0.05, 0) is 25.0 Å². The normalized spacial score (nSPS) is 14.9. The highest BCUT2D eigenvalue weighted by atomic mass is 32.2. The summed E-state index contributed by atoms with van der Waals surface area (Å²) >= 11 is 0. The van der Waals surface area contributed by atoms with Crippen LogP contribution in [0, 0.1) is 5.92 Å². The van der Waals surface area contributed by atoms with Gasteiger partial charge in [-0.15, -0.1) is 0 Å².